The number of anilines is 1. The smallest absolute Gasteiger partial charge is 0.335 e. The Morgan fingerprint density at radius 3 is 2.65 bits per heavy atom. The van der Waals surface area contributed by atoms with Gasteiger partial charge in [-0.2, -0.15) is 0 Å². The Morgan fingerprint density at radius 1 is 1.16 bits per heavy atom. The summed E-state index contributed by atoms with van der Waals surface area (Å²) in [4.78, 5) is 23.2. The molecule has 0 fully saturated rings. The summed E-state index contributed by atoms with van der Waals surface area (Å²) in [6.45, 7) is 4.25. The van der Waals surface area contributed by atoms with Crippen molar-refractivity contribution in [1.29, 1.82) is 0 Å². The Hall–Kier alpha value is -3.85. The number of nitrogens with zero attached hydrogens (tertiary/aromatic N) is 3. The fraction of sp³-hybridized carbons (Fsp3) is 0.0909. The molecule has 1 amide bonds. The Bertz CT molecular complexity index is 1230. The van der Waals surface area contributed by atoms with Gasteiger partial charge in [-0.1, -0.05) is 36.0 Å². The lowest BCUT2D eigenvalue weighted by atomic mass is 10.2. The predicted molar refractivity (Wildman–Crippen MR) is 118 cm³/mol. The van der Waals surface area contributed by atoms with Crippen LogP contribution in [0.5, 0.6) is 0 Å². The number of rotatable bonds is 8. The molecule has 0 saturated carbocycles. The number of carboxylic acids is 1. The summed E-state index contributed by atoms with van der Waals surface area (Å²) in [5.41, 5.74) is 1.43. The minimum absolute atomic E-state index is 0.107. The van der Waals surface area contributed by atoms with Crippen LogP contribution in [0.15, 0.2) is 76.8 Å². The van der Waals surface area contributed by atoms with Crippen molar-refractivity contribution in [3.05, 3.63) is 72.8 Å². The number of para-hydroxylation sites is 1. The normalized spacial score (nSPS) is 10.8. The van der Waals surface area contributed by atoms with E-state index in [4.69, 9.17) is 9.52 Å². The molecule has 2 aromatic carbocycles. The zero-order valence-corrected chi connectivity index (χ0v) is 17.1. The fourth-order valence-corrected chi connectivity index (χ4v) is 3.73. The predicted octanol–water partition coefficient (Wildman–Crippen LogP) is 4.31. The molecule has 0 aliphatic carbocycles. The average Bonchev–Trinajstić information content (AvgIpc) is 3.36. The minimum atomic E-state index is -1.02. The monoisotopic (exact) mass is 434 g/mol. The first-order chi connectivity index (χ1) is 15.0. The van der Waals surface area contributed by atoms with E-state index in [2.05, 4.69) is 22.1 Å². The molecule has 0 atom stereocenters. The number of thioether (sulfide) groups is 1. The number of nitrogens with one attached hydrogen (secondary N) is 1. The van der Waals surface area contributed by atoms with Gasteiger partial charge < -0.3 is 14.8 Å². The van der Waals surface area contributed by atoms with Gasteiger partial charge in [-0.05, 0) is 36.4 Å². The summed E-state index contributed by atoms with van der Waals surface area (Å²) in [5, 5.41) is 21.7. The second kappa shape index (κ2) is 8.88. The van der Waals surface area contributed by atoms with Crippen molar-refractivity contribution < 1.29 is 19.1 Å². The van der Waals surface area contributed by atoms with Gasteiger partial charge in [0, 0.05) is 17.6 Å². The van der Waals surface area contributed by atoms with E-state index in [0.29, 0.717) is 29.0 Å². The first kappa shape index (κ1) is 20.4. The van der Waals surface area contributed by atoms with Gasteiger partial charge in [0.15, 0.2) is 10.9 Å². The van der Waals surface area contributed by atoms with Crippen molar-refractivity contribution >= 4 is 40.3 Å². The van der Waals surface area contributed by atoms with E-state index in [1.54, 1.807) is 18.2 Å². The third-order valence-electron chi connectivity index (χ3n) is 4.42. The fourth-order valence-electron chi connectivity index (χ4n) is 2.99. The highest BCUT2D eigenvalue weighted by molar-refractivity contribution is 7.99. The van der Waals surface area contributed by atoms with Crippen LogP contribution in [0.4, 0.5) is 5.69 Å². The molecule has 0 saturated heterocycles. The van der Waals surface area contributed by atoms with Crippen molar-refractivity contribution in [3.8, 4) is 11.6 Å². The molecular formula is C22H18N4O4S. The van der Waals surface area contributed by atoms with E-state index >= 15 is 0 Å². The van der Waals surface area contributed by atoms with Crippen LogP contribution in [-0.4, -0.2) is 37.5 Å². The molecule has 0 radical (unpaired) electrons. The average molecular weight is 434 g/mol. The summed E-state index contributed by atoms with van der Waals surface area (Å²) in [5.74, 6) is -0.00814. The molecule has 2 aromatic heterocycles. The summed E-state index contributed by atoms with van der Waals surface area (Å²) < 4.78 is 7.74. The largest absolute Gasteiger partial charge is 0.478 e. The van der Waals surface area contributed by atoms with Crippen molar-refractivity contribution in [1.82, 2.24) is 14.8 Å². The lowest BCUT2D eigenvalue weighted by Crippen LogP contribution is -2.14. The maximum Gasteiger partial charge on any atom is 0.335 e. The van der Waals surface area contributed by atoms with Gasteiger partial charge in [0.1, 0.15) is 5.58 Å². The van der Waals surface area contributed by atoms with Crippen LogP contribution in [0, 0.1) is 0 Å². The van der Waals surface area contributed by atoms with Crippen LogP contribution in [-0.2, 0) is 11.3 Å². The molecule has 0 aliphatic heterocycles. The molecule has 2 N–H and O–H groups in total. The van der Waals surface area contributed by atoms with E-state index in [1.807, 2.05) is 34.9 Å². The van der Waals surface area contributed by atoms with Crippen LogP contribution >= 0.6 is 11.8 Å². The second-order valence-electron chi connectivity index (χ2n) is 6.57. The minimum Gasteiger partial charge on any atom is -0.478 e. The van der Waals surface area contributed by atoms with Crippen molar-refractivity contribution in [3.63, 3.8) is 0 Å². The summed E-state index contributed by atoms with van der Waals surface area (Å²) in [6.07, 6.45) is 1.73. The Labute approximate surface area is 181 Å². The number of benzene rings is 2. The Kier molecular flexibility index (Phi) is 5.85. The molecule has 2 heterocycles. The van der Waals surface area contributed by atoms with Gasteiger partial charge in [-0.25, -0.2) is 4.79 Å². The van der Waals surface area contributed by atoms with E-state index in [-0.39, 0.29) is 17.2 Å². The van der Waals surface area contributed by atoms with Crippen molar-refractivity contribution in [2.45, 2.75) is 11.7 Å². The summed E-state index contributed by atoms with van der Waals surface area (Å²) in [6, 6.07) is 15.6. The third-order valence-corrected chi connectivity index (χ3v) is 5.39. The summed E-state index contributed by atoms with van der Waals surface area (Å²) >= 11 is 1.24. The number of furan rings is 1. The topological polar surface area (TPSA) is 110 Å². The lowest BCUT2D eigenvalue weighted by molar-refractivity contribution is -0.113. The molecular weight excluding hydrogens is 416 g/mol. The quantitative estimate of drug-likeness (QED) is 0.314. The molecule has 0 aliphatic rings. The van der Waals surface area contributed by atoms with Crippen LogP contribution in [0.2, 0.25) is 0 Å². The van der Waals surface area contributed by atoms with Gasteiger partial charge in [0.05, 0.1) is 11.3 Å². The number of hydrogen-bond acceptors (Lipinski definition) is 6. The first-order valence-electron chi connectivity index (χ1n) is 9.34. The third kappa shape index (κ3) is 4.51. The first-order valence-corrected chi connectivity index (χ1v) is 10.3. The molecule has 31 heavy (non-hydrogen) atoms. The molecule has 4 rings (SSSR count). The van der Waals surface area contributed by atoms with Gasteiger partial charge >= 0.3 is 5.97 Å². The highest BCUT2D eigenvalue weighted by Gasteiger charge is 2.18. The molecule has 9 heteroatoms. The number of aromatic carboxylic acids is 1. The number of carbonyl (C=O) groups is 2. The zero-order chi connectivity index (χ0) is 21.8. The molecule has 0 unspecified atom stereocenters. The standard InChI is InChI=1S/C22H18N4O4S/c1-2-11-26-20(18-12-15-5-3-4-6-17(15)30-18)24-25-22(26)31-13-19(27)23-16-9-7-14(8-10-16)21(28)29/h2-10,12H,1,11,13H2,(H,23,27)(H,28,29). The van der Waals surface area contributed by atoms with Crippen LogP contribution in [0.25, 0.3) is 22.6 Å². The number of hydrogen-bond donors (Lipinski definition) is 2. The zero-order valence-electron chi connectivity index (χ0n) is 16.3. The van der Waals surface area contributed by atoms with E-state index in [0.717, 1.165) is 11.0 Å². The van der Waals surface area contributed by atoms with Crippen LogP contribution in [0.3, 0.4) is 0 Å². The maximum atomic E-state index is 12.3. The van der Waals surface area contributed by atoms with Gasteiger partial charge in [-0.15, -0.1) is 16.8 Å². The van der Waals surface area contributed by atoms with Gasteiger partial charge in [-0.3, -0.25) is 9.36 Å². The highest BCUT2D eigenvalue weighted by Crippen LogP contribution is 2.29. The number of carbonyl (C=O) groups excluding carboxylic acids is 1. The maximum absolute atomic E-state index is 12.3. The van der Waals surface area contributed by atoms with Crippen molar-refractivity contribution in [2.24, 2.45) is 0 Å². The van der Waals surface area contributed by atoms with E-state index < -0.39 is 5.97 Å². The van der Waals surface area contributed by atoms with Crippen LogP contribution in [0.1, 0.15) is 10.4 Å². The number of fused-ring (bicyclic) bond motifs is 1. The Morgan fingerprint density at radius 2 is 1.94 bits per heavy atom. The van der Waals surface area contributed by atoms with Gasteiger partial charge in [0.2, 0.25) is 11.7 Å². The number of amides is 1. The molecule has 0 spiro atoms. The SMILES string of the molecule is C=CCn1c(SCC(=O)Nc2ccc(C(=O)O)cc2)nnc1-c1cc2ccccc2o1. The number of aromatic nitrogens is 3. The molecule has 4 aromatic rings. The van der Waals surface area contributed by atoms with Gasteiger partial charge in [0.25, 0.3) is 0 Å². The highest BCUT2D eigenvalue weighted by atomic mass is 32.2. The molecule has 0 bridgehead atoms. The summed E-state index contributed by atoms with van der Waals surface area (Å²) in [7, 11) is 0. The van der Waals surface area contributed by atoms with E-state index in [9.17, 15) is 9.59 Å². The number of allylic oxidation sites excluding steroid dienone is 1. The lowest BCUT2D eigenvalue weighted by Gasteiger charge is -2.07. The number of carboxylic acid groups (broad SMARTS) is 1. The molecule has 156 valence electrons. The molecule has 8 nitrogen and oxygen atoms in total. The second-order valence-corrected chi connectivity index (χ2v) is 7.52. The van der Waals surface area contributed by atoms with Crippen LogP contribution < -0.4 is 5.32 Å². The van der Waals surface area contributed by atoms with Crippen molar-refractivity contribution in [2.75, 3.05) is 11.1 Å². The van der Waals surface area contributed by atoms with E-state index in [1.165, 1.54) is 23.9 Å². The Balaban J connectivity index is 1.47.